The van der Waals surface area contributed by atoms with Gasteiger partial charge in [-0.2, -0.15) is 0 Å². The number of aryl methyl sites for hydroxylation is 1. The smallest absolute Gasteiger partial charge is 0.263 e. The van der Waals surface area contributed by atoms with Crippen LogP contribution in [0, 0.1) is 6.92 Å². The van der Waals surface area contributed by atoms with Gasteiger partial charge in [0.25, 0.3) is 12.3 Å². The fourth-order valence-corrected chi connectivity index (χ4v) is 5.07. The van der Waals surface area contributed by atoms with E-state index in [-0.39, 0.29) is 29.8 Å². The molecule has 1 saturated heterocycles. The van der Waals surface area contributed by atoms with Crippen LogP contribution in [0.15, 0.2) is 66.3 Å². The van der Waals surface area contributed by atoms with Gasteiger partial charge in [-0.1, -0.05) is 49.7 Å². The molecule has 0 radical (unpaired) electrons. The van der Waals surface area contributed by atoms with Crippen LogP contribution < -0.4 is 5.32 Å². The van der Waals surface area contributed by atoms with Crippen LogP contribution in [0.1, 0.15) is 71.8 Å². The summed E-state index contributed by atoms with van der Waals surface area (Å²) in [6, 6.07) is 12.9. The number of aromatic nitrogens is 1. The lowest BCUT2D eigenvalue weighted by molar-refractivity contribution is -0.137. The Bertz CT molecular complexity index is 1090. The van der Waals surface area contributed by atoms with Crippen LogP contribution in [0.2, 0.25) is 0 Å². The predicted octanol–water partition coefficient (Wildman–Crippen LogP) is 6.60. The van der Waals surface area contributed by atoms with Crippen LogP contribution in [0.3, 0.4) is 0 Å². The van der Waals surface area contributed by atoms with Gasteiger partial charge in [0.2, 0.25) is 5.91 Å². The molecule has 1 aromatic carbocycles. The summed E-state index contributed by atoms with van der Waals surface area (Å²) in [6.07, 6.45) is 6.33. The van der Waals surface area contributed by atoms with Gasteiger partial charge in [-0.05, 0) is 61.2 Å². The van der Waals surface area contributed by atoms with Gasteiger partial charge in [0.1, 0.15) is 6.04 Å². The van der Waals surface area contributed by atoms with E-state index in [1.807, 2.05) is 35.5 Å². The number of hydrogen-bond acceptors (Lipinski definition) is 4. The quantitative estimate of drug-likeness (QED) is 0.359. The molecule has 2 amide bonds. The van der Waals surface area contributed by atoms with Gasteiger partial charge < -0.3 is 10.2 Å². The largest absolute Gasteiger partial charge is 0.339 e. The summed E-state index contributed by atoms with van der Waals surface area (Å²) in [5.74, 6) is -0.368. The van der Waals surface area contributed by atoms with E-state index in [2.05, 4.69) is 17.2 Å². The third kappa shape index (κ3) is 8.74. The van der Waals surface area contributed by atoms with Crippen LogP contribution in [0.5, 0.6) is 0 Å². The molecule has 0 spiro atoms. The summed E-state index contributed by atoms with van der Waals surface area (Å²) in [6.45, 7) is 4.82. The Labute approximate surface area is 221 Å². The monoisotopic (exact) mass is 527 g/mol. The number of halogens is 2. The number of benzene rings is 1. The Kier molecular flexibility index (Phi) is 11.2. The molecule has 1 N–H and O–H groups in total. The van der Waals surface area contributed by atoms with Crippen LogP contribution in [0.25, 0.3) is 0 Å². The molecule has 1 aliphatic rings. The first-order valence-corrected chi connectivity index (χ1v) is 13.7. The maximum atomic E-state index is 13.5. The highest BCUT2D eigenvalue weighted by Gasteiger charge is 2.32. The van der Waals surface area contributed by atoms with Crippen LogP contribution >= 0.6 is 11.3 Å². The summed E-state index contributed by atoms with van der Waals surface area (Å²) >= 11 is 1.32. The minimum absolute atomic E-state index is 0.0525. The molecule has 1 fully saturated rings. The summed E-state index contributed by atoms with van der Waals surface area (Å²) in [5, 5.41) is 4.71. The number of pyridine rings is 1. The molecule has 8 heteroatoms. The molecular weight excluding hydrogens is 492 g/mol. The van der Waals surface area contributed by atoms with Crippen molar-refractivity contribution in [3.8, 4) is 0 Å². The first kappa shape index (κ1) is 28.4. The van der Waals surface area contributed by atoms with Crippen molar-refractivity contribution in [1.29, 1.82) is 0 Å². The molecule has 5 nitrogen and oxygen atoms in total. The van der Waals surface area contributed by atoms with Crippen LogP contribution in [-0.2, 0) is 11.2 Å². The third-order valence-corrected chi connectivity index (χ3v) is 7.23. The molecule has 198 valence electrons. The van der Waals surface area contributed by atoms with E-state index in [9.17, 15) is 18.4 Å². The number of carbonyl (C=O) groups excluding carboxylic acids is 2. The van der Waals surface area contributed by atoms with Crippen LogP contribution in [-0.4, -0.2) is 40.3 Å². The molecule has 4 rings (SSSR count). The zero-order valence-electron chi connectivity index (χ0n) is 21.4. The van der Waals surface area contributed by atoms with E-state index >= 15 is 0 Å². The van der Waals surface area contributed by atoms with E-state index in [4.69, 9.17) is 0 Å². The Morgan fingerprint density at radius 3 is 2.49 bits per heavy atom. The van der Waals surface area contributed by atoms with E-state index in [1.54, 1.807) is 30.5 Å². The number of likely N-dealkylation sites (tertiary alicyclic amines) is 1. The average Bonchev–Trinajstić information content (AvgIpc) is 3.45. The molecule has 2 atom stereocenters. The SMILES string of the molecule is CCCC1CCCCN1C(=O)[C@H](Cc1ccc(C(F)F)cc1)NC(=O)c1cccs1.Cc1cccnc1. The lowest BCUT2D eigenvalue weighted by atomic mass is 9.95. The summed E-state index contributed by atoms with van der Waals surface area (Å²) in [4.78, 5) is 32.5. The van der Waals surface area contributed by atoms with Crippen molar-refractivity contribution in [1.82, 2.24) is 15.2 Å². The second-order valence-electron chi connectivity index (χ2n) is 9.25. The van der Waals surface area contributed by atoms with Crippen molar-refractivity contribution < 1.29 is 18.4 Å². The second kappa shape index (κ2) is 14.6. The van der Waals surface area contributed by atoms with Crippen molar-refractivity contribution in [2.24, 2.45) is 0 Å². The number of piperidine rings is 1. The van der Waals surface area contributed by atoms with E-state index in [0.717, 1.165) is 37.7 Å². The minimum Gasteiger partial charge on any atom is -0.339 e. The zero-order chi connectivity index (χ0) is 26.6. The van der Waals surface area contributed by atoms with E-state index in [1.165, 1.54) is 29.0 Å². The first-order chi connectivity index (χ1) is 17.9. The number of rotatable bonds is 8. The lowest BCUT2D eigenvalue weighted by Crippen LogP contribution is -2.54. The normalized spacial score (nSPS) is 16.0. The summed E-state index contributed by atoms with van der Waals surface area (Å²) < 4.78 is 25.7. The zero-order valence-corrected chi connectivity index (χ0v) is 22.2. The number of thiophene rings is 1. The maximum absolute atomic E-state index is 13.5. The maximum Gasteiger partial charge on any atom is 0.263 e. The van der Waals surface area contributed by atoms with Gasteiger partial charge in [-0.15, -0.1) is 11.3 Å². The summed E-state index contributed by atoms with van der Waals surface area (Å²) in [7, 11) is 0. The second-order valence-corrected chi connectivity index (χ2v) is 10.2. The van der Waals surface area contributed by atoms with Crippen molar-refractivity contribution in [3.63, 3.8) is 0 Å². The number of amides is 2. The minimum atomic E-state index is -2.53. The molecule has 1 aliphatic heterocycles. The van der Waals surface area contributed by atoms with Crippen molar-refractivity contribution >= 4 is 23.2 Å². The van der Waals surface area contributed by atoms with E-state index in [0.29, 0.717) is 11.4 Å². The van der Waals surface area contributed by atoms with Gasteiger partial charge >= 0.3 is 0 Å². The Balaban J connectivity index is 0.000000468. The first-order valence-electron chi connectivity index (χ1n) is 12.8. The fourth-order valence-electron chi connectivity index (χ4n) is 4.44. The molecule has 37 heavy (non-hydrogen) atoms. The highest BCUT2D eigenvalue weighted by atomic mass is 32.1. The molecule has 0 saturated carbocycles. The van der Waals surface area contributed by atoms with Gasteiger partial charge in [-0.25, -0.2) is 8.78 Å². The number of alkyl halides is 2. The van der Waals surface area contributed by atoms with Gasteiger partial charge in [0, 0.05) is 37.0 Å². The Morgan fingerprint density at radius 2 is 1.92 bits per heavy atom. The van der Waals surface area contributed by atoms with E-state index < -0.39 is 12.5 Å². The molecule has 0 aliphatic carbocycles. The highest BCUT2D eigenvalue weighted by molar-refractivity contribution is 7.12. The Morgan fingerprint density at radius 1 is 1.14 bits per heavy atom. The molecular formula is C29H35F2N3O2S. The number of carbonyl (C=O) groups is 2. The van der Waals surface area contributed by atoms with Crippen molar-refractivity contribution in [2.75, 3.05) is 6.54 Å². The predicted molar refractivity (Wildman–Crippen MR) is 144 cm³/mol. The van der Waals surface area contributed by atoms with Crippen molar-refractivity contribution in [2.45, 2.75) is 70.9 Å². The molecule has 3 heterocycles. The van der Waals surface area contributed by atoms with Gasteiger partial charge in [-0.3, -0.25) is 14.6 Å². The third-order valence-electron chi connectivity index (χ3n) is 6.36. The molecule has 2 aromatic heterocycles. The molecule has 0 bridgehead atoms. The topological polar surface area (TPSA) is 62.3 Å². The van der Waals surface area contributed by atoms with Gasteiger partial charge in [0.05, 0.1) is 4.88 Å². The Hall–Kier alpha value is -3.13. The lowest BCUT2D eigenvalue weighted by Gasteiger charge is -2.38. The summed E-state index contributed by atoms with van der Waals surface area (Å²) in [5.41, 5.74) is 1.90. The standard InChI is InChI=1S/C23H28F2N2O2S.C6H7N/c1-2-6-18-7-3-4-13-27(18)23(29)19(26-22(28)20-8-5-14-30-20)15-16-9-11-17(12-10-16)21(24)25;1-6-3-2-4-7-5-6/h5,8-12,14,18-19,21H,2-4,6-7,13,15H2,1H3,(H,26,28);2-5H,1H3/t18?,19-;/m0./s1. The highest BCUT2D eigenvalue weighted by Crippen LogP contribution is 2.24. The number of hydrogen-bond donors (Lipinski definition) is 1. The van der Waals surface area contributed by atoms with Gasteiger partial charge in [0.15, 0.2) is 0 Å². The number of nitrogens with one attached hydrogen (secondary N) is 1. The molecule has 1 unspecified atom stereocenters. The molecule has 3 aromatic rings. The van der Waals surface area contributed by atoms with Crippen LogP contribution in [0.4, 0.5) is 8.78 Å². The average molecular weight is 528 g/mol. The van der Waals surface area contributed by atoms with Crippen molar-refractivity contribution in [3.05, 3.63) is 87.9 Å². The fraction of sp³-hybridized carbons (Fsp3) is 0.414. The number of nitrogens with zero attached hydrogens (tertiary/aromatic N) is 2.